The van der Waals surface area contributed by atoms with Crippen LogP contribution in [0.2, 0.25) is 0 Å². The molecule has 0 amide bonds. The average Bonchev–Trinajstić information content (AvgIpc) is 2.49. The van der Waals surface area contributed by atoms with Gasteiger partial charge in [-0.1, -0.05) is 13.8 Å². The second-order valence-corrected chi connectivity index (χ2v) is 5.14. The third-order valence-electron chi connectivity index (χ3n) is 3.30. The monoisotopic (exact) mass is 295 g/mol. The number of rotatable bonds is 9. The number of ketones is 1. The Labute approximate surface area is 126 Å². The fourth-order valence-corrected chi connectivity index (χ4v) is 1.99. The molecule has 0 radical (unpaired) electrons. The molecule has 118 valence electrons. The van der Waals surface area contributed by atoms with Crippen molar-refractivity contribution in [2.45, 2.75) is 32.6 Å². The summed E-state index contributed by atoms with van der Waals surface area (Å²) in [5, 5.41) is 3.29. The molecule has 1 unspecified atom stereocenters. The summed E-state index contributed by atoms with van der Waals surface area (Å²) in [6.45, 7) is 3.78. The molecule has 21 heavy (non-hydrogen) atoms. The smallest absolute Gasteiger partial charge is 0.177 e. The zero-order valence-corrected chi connectivity index (χ0v) is 13.4. The number of Topliss-reactive ketones (excluding diaryl/α,β-unsaturated/α-hetero) is 1. The molecular weight excluding hydrogens is 270 g/mol. The summed E-state index contributed by atoms with van der Waals surface area (Å²) >= 11 is 0. The van der Waals surface area contributed by atoms with E-state index in [1.807, 2.05) is 38.1 Å². The van der Waals surface area contributed by atoms with Crippen molar-refractivity contribution in [1.29, 1.82) is 0 Å². The van der Waals surface area contributed by atoms with E-state index in [1.165, 1.54) is 0 Å². The molecule has 0 saturated heterocycles. The molecule has 1 rings (SSSR count). The van der Waals surface area contributed by atoms with E-state index in [2.05, 4.69) is 5.32 Å². The van der Waals surface area contributed by atoms with Gasteiger partial charge < -0.3 is 19.5 Å². The molecule has 1 atom stereocenters. The standard InChI is InChI=1S/C16H25NO4/c1-11(2)15(18)10-14(16(20-4)21-5)17-12-6-8-13(19-3)9-7-12/h6-9,11,14,16-17H,10H2,1-5H3. The predicted octanol–water partition coefficient (Wildman–Crippen LogP) is 2.71. The highest BCUT2D eigenvalue weighted by Gasteiger charge is 2.25. The summed E-state index contributed by atoms with van der Waals surface area (Å²) in [5.74, 6) is 0.935. The molecule has 0 bridgehead atoms. The number of carbonyl (C=O) groups is 1. The molecular formula is C16H25NO4. The Balaban J connectivity index is 2.82. The first-order chi connectivity index (χ1) is 10.0. The van der Waals surface area contributed by atoms with Gasteiger partial charge in [-0.15, -0.1) is 0 Å². The zero-order valence-electron chi connectivity index (χ0n) is 13.4. The van der Waals surface area contributed by atoms with Gasteiger partial charge in [0, 0.05) is 32.2 Å². The van der Waals surface area contributed by atoms with E-state index in [1.54, 1.807) is 21.3 Å². The van der Waals surface area contributed by atoms with Crippen LogP contribution in [0.25, 0.3) is 0 Å². The lowest BCUT2D eigenvalue weighted by Gasteiger charge is -2.26. The minimum absolute atomic E-state index is 0.0143. The number of hydrogen-bond donors (Lipinski definition) is 1. The van der Waals surface area contributed by atoms with E-state index in [4.69, 9.17) is 14.2 Å². The molecule has 1 aromatic carbocycles. The van der Waals surface area contributed by atoms with Crippen LogP contribution < -0.4 is 10.1 Å². The lowest BCUT2D eigenvalue weighted by Crippen LogP contribution is -2.39. The predicted molar refractivity (Wildman–Crippen MR) is 82.7 cm³/mol. The zero-order chi connectivity index (χ0) is 15.8. The van der Waals surface area contributed by atoms with Gasteiger partial charge in [0.2, 0.25) is 0 Å². The number of benzene rings is 1. The summed E-state index contributed by atoms with van der Waals surface area (Å²) in [6.07, 6.45) is -0.148. The maximum atomic E-state index is 12.0. The Morgan fingerprint density at radius 3 is 2.10 bits per heavy atom. The Kier molecular flexibility index (Phi) is 7.19. The van der Waals surface area contributed by atoms with E-state index < -0.39 is 6.29 Å². The fourth-order valence-electron chi connectivity index (χ4n) is 1.99. The molecule has 0 saturated carbocycles. The van der Waals surface area contributed by atoms with Crippen LogP contribution >= 0.6 is 0 Å². The maximum absolute atomic E-state index is 12.0. The second kappa shape index (κ2) is 8.64. The van der Waals surface area contributed by atoms with Crippen LogP contribution in [-0.4, -0.2) is 39.4 Å². The van der Waals surface area contributed by atoms with E-state index >= 15 is 0 Å². The normalized spacial score (nSPS) is 12.5. The second-order valence-electron chi connectivity index (χ2n) is 5.14. The number of methoxy groups -OCH3 is 3. The highest BCUT2D eigenvalue weighted by Crippen LogP contribution is 2.19. The van der Waals surface area contributed by atoms with Gasteiger partial charge in [0.05, 0.1) is 13.2 Å². The van der Waals surface area contributed by atoms with Crippen LogP contribution in [0.3, 0.4) is 0 Å². The molecule has 0 aliphatic heterocycles. The molecule has 0 aliphatic carbocycles. The molecule has 0 heterocycles. The van der Waals surface area contributed by atoms with Crippen molar-refractivity contribution in [1.82, 2.24) is 0 Å². The molecule has 0 aliphatic rings. The molecule has 5 nitrogen and oxygen atoms in total. The van der Waals surface area contributed by atoms with Gasteiger partial charge in [0.25, 0.3) is 0 Å². The van der Waals surface area contributed by atoms with Crippen molar-refractivity contribution in [2.75, 3.05) is 26.6 Å². The summed E-state index contributed by atoms with van der Waals surface area (Å²) < 4.78 is 15.7. The van der Waals surface area contributed by atoms with Crippen LogP contribution in [-0.2, 0) is 14.3 Å². The van der Waals surface area contributed by atoms with Crippen molar-refractivity contribution in [2.24, 2.45) is 5.92 Å². The van der Waals surface area contributed by atoms with E-state index in [0.717, 1.165) is 11.4 Å². The lowest BCUT2D eigenvalue weighted by molar-refractivity contribution is -0.131. The van der Waals surface area contributed by atoms with Crippen LogP contribution in [0.5, 0.6) is 5.75 Å². The number of hydrogen-bond acceptors (Lipinski definition) is 5. The number of ether oxygens (including phenoxy) is 3. The molecule has 0 spiro atoms. The SMILES string of the molecule is COc1ccc(NC(CC(=O)C(C)C)C(OC)OC)cc1. The topological polar surface area (TPSA) is 56.8 Å². The Morgan fingerprint density at radius 1 is 1.10 bits per heavy atom. The van der Waals surface area contributed by atoms with Crippen LogP contribution in [0.1, 0.15) is 20.3 Å². The quantitative estimate of drug-likeness (QED) is 0.710. The fraction of sp³-hybridized carbons (Fsp3) is 0.562. The number of anilines is 1. The van der Waals surface area contributed by atoms with Crippen molar-refractivity contribution in [3.05, 3.63) is 24.3 Å². The third kappa shape index (κ3) is 5.36. The first-order valence-electron chi connectivity index (χ1n) is 7.00. The van der Waals surface area contributed by atoms with Crippen molar-refractivity contribution < 1.29 is 19.0 Å². The van der Waals surface area contributed by atoms with Gasteiger partial charge in [0.15, 0.2) is 6.29 Å². The summed E-state index contributed by atoms with van der Waals surface area (Å²) in [7, 11) is 4.76. The average molecular weight is 295 g/mol. The Bertz CT molecular complexity index is 426. The van der Waals surface area contributed by atoms with Gasteiger partial charge in [-0.2, -0.15) is 0 Å². The summed E-state index contributed by atoms with van der Waals surface area (Å²) in [4.78, 5) is 12.0. The first kappa shape index (κ1) is 17.5. The van der Waals surface area contributed by atoms with Crippen LogP contribution in [0.15, 0.2) is 24.3 Å². The van der Waals surface area contributed by atoms with Crippen molar-refractivity contribution >= 4 is 11.5 Å². The minimum Gasteiger partial charge on any atom is -0.497 e. The van der Waals surface area contributed by atoms with Crippen molar-refractivity contribution in [3.8, 4) is 5.75 Å². The van der Waals surface area contributed by atoms with Crippen LogP contribution in [0.4, 0.5) is 5.69 Å². The van der Waals surface area contributed by atoms with E-state index in [0.29, 0.717) is 6.42 Å². The first-order valence-corrected chi connectivity index (χ1v) is 7.00. The summed E-state index contributed by atoms with van der Waals surface area (Å²) in [5.41, 5.74) is 0.886. The van der Waals surface area contributed by atoms with Gasteiger partial charge >= 0.3 is 0 Å². The Hall–Kier alpha value is -1.59. The largest absolute Gasteiger partial charge is 0.497 e. The van der Waals surface area contributed by atoms with E-state index in [-0.39, 0.29) is 17.7 Å². The highest BCUT2D eigenvalue weighted by atomic mass is 16.7. The third-order valence-corrected chi connectivity index (χ3v) is 3.30. The van der Waals surface area contributed by atoms with Gasteiger partial charge in [-0.05, 0) is 24.3 Å². The van der Waals surface area contributed by atoms with Crippen LogP contribution in [0, 0.1) is 5.92 Å². The highest BCUT2D eigenvalue weighted by molar-refractivity contribution is 5.81. The van der Waals surface area contributed by atoms with Crippen molar-refractivity contribution in [3.63, 3.8) is 0 Å². The Morgan fingerprint density at radius 2 is 1.67 bits per heavy atom. The van der Waals surface area contributed by atoms with Gasteiger partial charge in [-0.3, -0.25) is 4.79 Å². The van der Waals surface area contributed by atoms with E-state index in [9.17, 15) is 4.79 Å². The number of nitrogens with one attached hydrogen (secondary N) is 1. The molecule has 1 N–H and O–H groups in total. The lowest BCUT2D eigenvalue weighted by atomic mass is 10.0. The number of carbonyl (C=O) groups excluding carboxylic acids is 1. The van der Waals surface area contributed by atoms with Gasteiger partial charge in [-0.25, -0.2) is 0 Å². The maximum Gasteiger partial charge on any atom is 0.177 e. The van der Waals surface area contributed by atoms with Gasteiger partial charge in [0.1, 0.15) is 11.5 Å². The molecule has 5 heteroatoms. The molecule has 0 aromatic heterocycles. The minimum atomic E-state index is -0.491. The molecule has 1 aromatic rings. The summed E-state index contributed by atoms with van der Waals surface area (Å²) in [6, 6.07) is 7.27. The molecule has 0 fully saturated rings.